The Hall–Kier alpha value is -2.76. The normalized spacial score (nSPS) is 11.3. The zero-order valence-corrected chi connectivity index (χ0v) is 16.6. The molecule has 0 radical (unpaired) electrons. The minimum atomic E-state index is -4.96. The molecule has 0 atom stereocenters. The second kappa shape index (κ2) is 11.2. The second-order valence-corrected chi connectivity index (χ2v) is 5.45. The number of para-hydroxylation sites is 1. The van der Waals surface area contributed by atoms with Crippen molar-refractivity contribution < 1.29 is 22.7 Å². The predicted octanol–water partition coefficient (Wildman–Crippen LogP) is 6.11. The highest BCUT2D eigenvalue weighted by atomic mass is 19.4. The molecule has 0 aliphatic rings. The van der Waals surface area contributed by atoms with Gasteiger partial charge in [-0.15, -0.1) is 0 Å². The van der Waals surface area contributed by atoms with Gasteiger partial charge in [-0.25, -0.2) is 0 Å². The molecule has 6 heteroatoms. The monoisotopic (exact) mass is 393 g/mol. The van der Waals surface area contributed by atoms with E-state index in [4.69, 9.17) is 4.74 Å². The zero-order valence-electron chi connectivity index (χ0n) is 16.6. The number of ketones is 1. The predicted molar refractivity (Wildman–Crippen MR) is 107 cm³/mol. The lowest BCUT2D eigenvalue weighted by Gasteiger charge is -2.21. The molecule has 2 aromatic rings. The maximum absolute atomic E-state index is 13.1. The number of allylic oxidation sites excluding steroid dienone is 1. The fourth-order valence-electron chi connectivity index (χ4n) is 2.44. The molecule has 3 nitrogen and oxygen atoms in total. The number of hydrogen-bond acceptors (Lipinski definition) is 3. The summed E-state index contributed by atoms with van der Waals surface area (Å²) in [7, 11) is 0. The molecule has 0 bridgehead atoms. The van der Waals surface area contributed by atoms with Gasteiger partial charge in [0.05, 0.1) is 12.2 Å². The lowest BCUT2D eigenvalue weighted by Crippen LogP contribution is -2.26. The third kappa shape index (κ3) is 6.44. The van der Waals surface area contributed by atoms with Crippen molar-refractivity contribution in [2.24, 2.45) is 0 Å². The Morgan fingerprint density at radius 3 is 2.04 bits per heavy atom. The molecule has 0 aliphatic carbocycles. The first-order chi connectivity index (χ1) is 13.4. The van der Waals surface area contributed by atoms with Crippen LogP contribution in [0.4, 0.5) is 18.9 Å². The Morgan fingerprint density at radius 1 is 1.00 bits per heavy atom. The average Bonchev–Trinajstić information content (AvgIpc) is 2.71. The maximum Gasteiger partial charge on any atom is 0.454 e. The quantitative estimate of drug-likeness (QED) is 0.532. The van der Waals surface area contributed by atoms with Crippen LogP contribution in [0.3, 0.4) is 0 Å². The van der Waals surface area contributed by atoms with Crippen molar-refractivity contribution in [2.45, 2.75) is 33.9 Å². The molecule has 2 aromatic carbocycles. The number of anilines is 1. The summed E-state index contributed by atoms with van der Waals surface area (Å²) < 4.78 is 44.6. The second-order valence-electron chi connectivity index (χ2n) is 5.45. The molecule has 0 heterocycles. The van der Waals surface area contributed by atoms with Gasteiger partial charge in [0.1, 0.15) is 5.75 Å². The number of carbonyl (C=O) groups excluding carboxylic acids is 1. The fraction of sp³-hybridized carbons (Fsp3) is 0.318. The minimum absolute atomic E-state index is 0.185. The topological polar surface area (TPSA) is 29.5 Å². The third-order valence-electron chi connectivity index (χ3n) is 3.69. The number of alkyl halides is 3. The van der Waals surface area contributed by atoms with Crippen molar-refractivity contribution in [1.29, 1.82) is 0 Å². The summed E-state index contributed by atoms with van der Waals surface area (Å²) in [6, 6.07) is 14.9. The molecular weight excluding hydrogens is 367 g/mol. The van der Waals surface area contributed by atoms with E-state index in [1.807, 2.05) is 26.8 Å². The molecule has 0 aromatic heterocycles. The van der Waals surface area contributed by atoms with Crippen LogP contribution in [0.1, 0.15) is 33.3 Å². The summed E-state index contributed by atoms with van der Waals surface area (Å²) >= 11 is 0. The highest BCUT2D eigenvalue weighted by Crippen LogP contribution is 2.29. The Kier molecular flexibility index (Phi) is 9.28. The number of Topliss-reactive ketones (excluding diaryl/α,β-unsaturated/α-hetero) is 1. The molecule has 0 aliphatic heterocycles. The molecule has 0 fully saturated rings. The van der Waals surface area contributed by atoms with Crippen LogP contribution in [0.5, 0.6) is 5.75 Å². The van der Waals surface area contributed by atoms with E-state index in [-0.39, 0.29) is 5.56 Å². The van der Waals surface area contributed by atoms with Gasteiger partial charge in [0, 0.05) is 18.4 Å². The largest absolute Gasteiger partial charge is 0.494 e. The number of ether oxygens (including phenoxy) is 1. The molecule has 28 heavy (non-hydrogen) atoms. The third-order valence-corrected chi connectivity index (χ3v) is 3.69. The summed E-state index contributed by atoms with van der Waals surface area (Å²) in [4.78, 5) is 13.6. The van der Waals surface area contributed by atoms with Crippen LogP contribution >= 0.6 is 0 Å². The summed E-state index contributed by atoms with van der Waals surface area (Å²) in [5.41, 5.74) is 0.477. The number of nitrogens with zero attached hydrogens (tertiary/aromatic N) is 1. The summed E-state index contributed by atoms with van der Waals surface area (Å²) in [6.07, 6.45) is -3.71. The first kappa shape index (κ1) is 23.3. The molecule has 0 spiro atoms. The van der Waals surface area contributed by atoms with Gasteiger partial charge in [-0.3, -0.25) is 4.79 Å². The highest BCUT2D eigenvalue weighted by Gasteiger charge is 2.41. The van der Waals surface area contributed by atoms with Gasteiger partial charge in [0.25, 0.3) is 5.78 Å². The first-order valence-electron chi connectivity index (χ1n) is 9.25. The van der Waals surface area contributed by atoms with Crippen molar-refractivity contribution in [3.63, 3.8) is 0 Å². The smallest absolute Gasteiger partial charge is 0.454 e. The lowest BCUT2D eigenvalue weighted by molar-refractivity contribution is -0.164. The first-order valence-corrected chi connectivity index (χ1v) is 9.25. The van der Waals surface area contributed by atoms with Crippen molar-refractivity contribution >= 4 is 17.0 Å². The maximum atomic E-state index is 13.1. The van der Waals surface area contributed by atoms with E-state index in [2.05, 4.69) is 0 Å². The molecule has 0 saturated carbocycles. The van der Waals surface area contributed by atoms with Crippen molar-refractivity contribution in [3.05, 3.63) is 66.4 Å². The zero-order chi connectivity index (χ0) is 21.2. The van der Waals surface area contributed by atoms with Gasteiger partial charge in [-0.2, -0.15) is 13.2 Å². The number of halogens is 3. The molecule has 2 rings (SSSR count). The van der Waals surface area contributed by atoms with E-state index in [9.17, 15) is 18.0 Å². The van der Waals surface area contributed by atoms with E-state index >= 15 is 0 Å². The van der Waals surface area contributed by atoms with Gasteiger partial charge in [-0.1, -0.05) is 44.2 Å². The number of hydrogen-bond donors (Lipinski definition) is 0. The van der Waals surface area contributed by atoms with Crippen LogP contribution < -0.4 is 9.64 Å². The summed E-state index contributed by atoms with van der Waals surface area (Å²) in [6.45, 7) is 8.47. The van der Waals surface area contributed by atoms with Crippen LogP contribution in [0.25, 0.3) is 5.57 Å². The molecule has 0 amide bonds. The van der Waals surface area contributed by atoms with E-state index in [0.717, 1.165) is 0 Å². The molecule has 0 saturated heterocycles. The lowest BCUT2D eigenvalue weighted by atomic mass is 10.0. The van der Waals surface area contributed by atoms with E-state index in [1.54, 1.807) is 48.2 Å². The molecule has 0 unspecified atom stereocenters. The van der Waals surface area contributed by atoms with E-state index in [0.29, 0.717) is 24.6 Å². The van der Waals surface area contributed by atoms with E-state index < -0.39 is 17.5 Å². The van der Waals surface area contributed by atoms with Crippen molar-refractivity contribution in [3.8, 4) is 5.75 Å². The minimum Gasteiger partial charge on any atom is -0.494 e. The fourth-order valence-corrected chi connectivity index (χ4v) is 2.44. The average molecular weight is 393 g/mol. The highest BCUT2D eigenvalue weighted by molar-refractivity contribution is 6.23. The van der Waals surface area contributed by atoms with Crippen LogP contribution in [0.15, 0.2) is 60.8 Å². The Labute approximate surface area is 164 Å². The Balaban J connectivity index is 0.00000190. The summed E-state index contributed by atoms with van der Waals surface area (Å²) in [5.74, 6) is -1.35. The van der Waals surface area contributed by atoms with Gasteiger partial charge in [-0.05, 0) is 43.7 Å². The van der Waals surface area contributed by atoms with Crippen LogP contribution in [0.2, 0.25) is 0 Å². The van der Waals surface area contributed by atoms with E-state index in [1.165, 1.54) is 18.3 Å². The SMILES string of the molecule is CC.CCOc1ccc(/C(=C/N(CC)c2ccccc2)C(=O)C(F)(F)F)cc1. The number of carbonyl (C=O) groups is 1. The van der Waals surface area contributed by atoms with Crippen LogP contribution in [0, 0.1) is 0 Å². The van der Waals surface area contributed by atoms with Crippen LogP contribution in [-0.2, 0) is 4.79 Å². The Bertz CT molecular complexity index is 754. The van der Waals surface area contributed by atoms with Gasteiger partial charge < -0.3 is 9.64 Å². The molecule has 0 N–H and O–H groups in total. The molecule has 152 valence electrons. The van der Waals surface area contributed by atoms with Crippen molar-refractivity contribution in [1.82, 2.24) is 0 Å². The van der Waals surface area contributed by atoms with Crippen LogP contribution in [-0.4, -0.2) is 25.1 Å². The van der Waals surface area contributed by atoms with Gasteiger partial charge >= 0.3 is 6.18 Å². The molecular formula is C22H26F3NO2. The Morgan fingerprint density at radius 2 is 1.57 bits per heavy atom. The standard InChI is InChI=1S/C20H20F3NO2.C2H6/c1-3-24(16-8-6-5-7-9-16)14-18(19(25)20(21,22)23)15-10-12-17(13-11-15)26-4-2;1-2/h5-14H,3-4H2,1-2H3;1-2H3/b18-14-;. The summed E-state index contributed by atoms with van der Waals surface area (Å²) in [5, 5.41) is 0. The number of benzene rings is 2. The number of rotatable bonds is 7. The van der Waals surface area contributed by atoms with Crippen molar-refractivity contribution in [2.75, 3.05) is 18.1 Å². The van der Waals surface area contributed by atoms with Gasteiger partial charge in [0.15, 0.2) is 0 Å². The van der Waals surface area contributed by atoms with Gasteiger partial charge in [0.2, 0.25) is 0 Å².